The third kappa shape index (κ3) is 6.90. The Hall–Kier alpha value is -1.88. The summed E-state index contributed by atoms with van der Waals surface area (Å²) in [6.07, 6.45) is 3.61. The van der Waals surface area contributed by atoms with Crippen LogP contribution < -0.4 is 5.73 Å². The van der Waals surface area contributed by atoms with Gasteiger partial charge in [-0.2, -0.15) is 0 Å². The van der Waals surface area contributed by atoms with Crippen LogP contribution in [0.2, 0.25) is 0 Å². The Morgan fingerprint density at radius 1 is 1.29 bits per heavy atom. The zero-order valence-electron chi connectivity index (χ0n) is 12.3. The molecule has 5 heteroatoms. The van der Waals surface area contributed by atoms with Gasteiger partial charge in [-0.1, -0.05) is 30.3 Å². The third-order valence-electron chi connectivity index (χ3n) is 3.48. The maximum Gasteiger partial charge on any atom is 0.308 e. The minimum absolute atomic E-state index is 0.260. The van der Waals surface area contributed by atoms with Gasteiger partial charge in [-0.25, -0.2) is 0 Å². The number of nitrogens with two attached hydrogens (primary N) is 1. The fraction of sp³-hybridized carbons (Fsp3) is 0.500. The molecule has 1 aromatic carbocycles. The molecular weight excluding hydrogens is 268 g/mol. The van der Waals surface area contributed by atoms with Gasteiger partial charge in [-0.15, -0.1) is 0 Å². The molecule has 0 fully saturated rings. The number of carboxylic acid groups (broad SMARTS) is 1. The Morgan fingerprint density at radius 3 is 2.57 bits per heavy atom. The average Bonchev–Trinajstić information content (AvgIpc) is 2.50. The van der Waals surface area contributed by atoms with Crippen molar-refractivity contribution in [2.75, 3.05) is 19.6 Å². The molecular formula is C16H24N2O3. The van der Waals surface area contributed by atoms with Gasteiger partial charge in [0.25, 0.3) is 0 Å². The second kappa shape index (κ2) is 9.94. The van der Waals surface area contributed by atoms with Crippen LogP contribution in [0.25, 0.3) is 0 Å². The summed E-state index contributed by atoms with van der Waals surface area (Å²) in [5, 5.41) is 9.30. The predicted molar refractivity (Wildman–Crippen MR) is 81.8 cm³/mol. The number of rotatable bonds is 11. The first kappa shape index (κ1) is 17.2. The standard InChI is InChI=1S/C16H24N2O3/c17-10-4-5-11-18(13-19)12-15(16(20)21)9-8-14-6-2-1-3-7-14/h1-3,6-7,13,15H,4-5,8-12,17H2,(H,20,21). The zero-order chi connectivity index (χ0) is 15.5. The van der Waals surface area contributed by atoms with Crippen LogP contribution in [0, 0.1) is 5.92 Å². The summed E-state index contributed by atoms with van der Waals surface area (Å²) in [4.78, 5) is 23.9. The molecule has 0 aliphatic heterocycles. The van der Waals surface area contributed by atoms with Crippen molar-refractivity contribution in [2.24, 2.45) is 11.7 Å². The maximum absolute atomic E-state index is 11.3. The first-order valence-corrected chi connectivity index (χ1v) is 7.33. The summed E-state index contributed by atoms with van der Waals surface area (Å²) < 4.78 is 0. The Kier molecular flexibility index (Phi) is 8.12. The molecule has 1 atom stereocenters. The molecule has 21 heavy (non-hydrogen) atoms. The molecule has 1 amide bonds. The third-order valence-corrected chi connectivity index (χ3v) is 3.48. The molecule has 0 aliphatic carbocycles. The normalized spacial score (nSPS) is 11.9. The lowest BCUT2D eigenvalue weighted by atomic mass is 9.99. The number of amides is 1. The van der Waals surface area contributed by atoms with Gasteiger partial charge in [-0.3, -0.25) is 9.59 Å². The van der Waals surface area contributed by atoms with Crippen molar-refractivity contribution in [3.05, 3.63) is 35.9 Å². The molecule has 1 rings (SSSR count). The predicted octanol–water partition coefficient (Wildman–Crippen LogP) is 1.52. The van der Waals surface area contributed by atoms with Crippen molar-refractivity contribution in [3.8, 4) is 0 Å². The average molecular weight is 292 g/mol. The van der Waals surface area contributed by atoms with Crippen molar-refractivity contribution < 1.29 is 14.7 Å². The largest absolute Gasteiger partial charge is 0.481 e. The van der Waals surface area contributed by atoms with Gasteiger partial charge in [-0.05, 0) is 37.8 Å². The monoisotopic (exact) mass is 292 g/mol. The van der Waals surface area contributed by atoms with Crippen LogP contribution in [0.3, 0.4) is 0 Å². The van der Waals surface area contributed by atoms with Crippen LogP contribution in [0.5, 0.6) is 0 Å². The molecule has 0 heterocycles. The van der Waals surface area contributed by atoms with Gasteiger partial charge in [0.1, 0.15) is 0 Å². The molecule has 0 aromatic heterocycles. The fourth-order valence-corrected chi connectivity index (χ4v) is 2.21. The number of nitrogens with zero attached hydrogens (tertiary/aromatic N) is 1. The highest BCUT2D eigenvalue weighted by atomic mass is 16.4. The number of benzene rings is 1. The van der Waals surface area contributed by atoms with Gasteiger partial charge in [0.05, 0.1) is 5.92 Å². The minimum atomic E-state index is -0.850. The molecule has 0 saturated heterocycles. The van der Waals surface area contributed by atoms with Crippen LogP contribution in [0.15, 0.2) is 30.3 Å². The fourth-order valence-electron chi connectivity index (χ4n) is 2.21. The Labute approximate surface area is 125 Å². The van der Waals surface area contributed by atoms with Crippen molar-refractivity contribution >= 4 is 12.4 Å². The lowest BCUT2D eigenvalue weighted by Crippen LogP contribution is -2.33. The van der Waals surface area contributed by atoms with E-state index in [2.05, 4.69) is 0 Å². The molecule has 0 spiro atoms. The smallest absolute Gasteiger partial charge is 0.308 e. The summed E-state index contributed by atoms with van der Waals surface area (Å²) in [6.45, 7) is 1.41. The first-order chi connectivity index (χ1) is 10.2. The van der Waals surface area contributed by atoms with Crippen LogP contribution in [-0.2, 0) is 16.0 Å². The lowest BCUT2D eigenvalue weighted by Gasteiger charge is -2.21. The number of carboxylic acids is 1. The van der Waals surface area contributed by atoms with E-state index < -0.39 is 11.9 Å². The van der Waals surface area contributed by atoms with E-state index in [0.717, 1.165) is 24.8 Å². The van der Waals surface area contributed by atoms with Crippen molar-refractivity contribution in [1.29, 1.82) is 0 Å². The van der Waals surface area contributed by atoms with E-state index in [-0.39, 0.29) is 6.54 Å². The van der Waals surface area contributed by atoms with Gasteiger partial charge in [0, 0.05) is 13.1 Å². The highest BCUT2D eigenvalue weighted by Gasteiger charge is 2.20. The van der Waals surface area contributed by atoms with E-state index in [1.807, 2.05) is 30.3 Å². The van der Waals surface area contributed by atoms with Gasteiger partial charge < -0.3 is 15.7 Å². The second-order valence-electron chi connectivity index (χ2n) is 5.16. The highest BCUT2D eigenvalue weighted by Crippen LogP contribution is 2.12. The molecule has 116 valence electrons. The van der Waals surface area contributed by atoms with E-state index in [0.29, 0.717) is 25.9 Å². The number of aryl methyl sites for hydroxylation is 1. The van der Waals surface area contributed by atoms with E-state index in [1.54, 1.807) is 4.90 Å². The van der Waals surface area contributed by atoms with Crippen LogP contribution in [-0.4, -0.2) is 42.0 Å². The molecule has 0 aliphatic rings. The highest BCUT2D eigenvalue weighted by molar-refractivity contribution is 5.70. The zero-order valence-corrected chi connectivity index (χ0v) is 12.3. The SMILES string of the molecule is NCCCCN(C=O)CC(CCc1ccccc1)C(=O)O. The summed E-state index contributed by atoms with van der Waals surface area (Å²) in [6, 6.07) is 9.78. The van der Waals surface area contributed by atoms with Crippen molar-refractivity contribution in [1.82, 2.24) is 4.90 Å². The lowest BCUT2D eigenvalue weighted by molar-refractivity contribution is -0.143. The number of aliphatic carboxylic acids is 1. The van der Waals surface area contributed by atoms with E-state index in [4.69, 9.17) is 5.73 Å². The number of hydrogen-bond donors (Lipinski definition) is 2. The Balaban J connectivity index is 2.48. The van der Waals surface area contributed by atoms with E-state index in [9.17, 15) is 14.7 Å². The first-order valence-electron chi connectivity index (χ1n) is 7.33. The molecule has 3 N–H and O–H groups in total. The molecule has 1 unspecified atom stereocenters. The van der Waals surface area contributed by atoms with Crippen LogP contribution in [0.1, 0.15) is 24.8 Å². The Morgan fingerprint density at radius 2 is 2.00 bits per heavy atom. The number of unbranched alkanes of at least 4 members (excludes halogenated alkanes) is 1. The van der Waals surface area contributed by atoms with E-state index in [1.165, 1.54) is 0 Å². The minimum Gasteiger partial charge on any atom is -0.481 e. The number of hydrogen-bond acceptors (Lipinski definition) is 3. The number of carbonyl (C=O) groups is 2. The van der Waals surface area contributed by atoms with Gasteiger partial charge in [0.2, 0.25) is 6.41 Å². The van der Waals surface area contributed by atoms with Crippen LogP contribution in [0.4, 0.5) is 0 Å². The maximum atomic E-state index is 11.3. The van der Waals surface area contributed by atoms with Crippen molar-refractivity contribution in [3.63, 3.8) is 0 Å². The molecule has 0 saturated carbocycles. The molecule has 5 nitrogen and oxygen atoms in total. The Bertz CT molecular complexity index is 423. The summed E-state index contributed by atoms with van der Waals surface area (Å²) in [5.41, 5.74) is 6.53. The van der Waals surface area contributed by atoms with Crippen LogP contribution >= 0.6 is 0 Å². The summed E-state index contributed by atoms with van der Waals surface area (Å²) in [5.74, 6) is -1.38. The summed E-state index contributed by atoms with van der Waals surface area (Å²) >= 11 is 0. The second-order valence-corrected chi connectivity index (χ2v) is 5.16. The topological polar surface area (TPSA) is 83.6 Å². The van der Waals surface area contributed by atoms with Gasteiger partial charge >= 0.3 is 5.97 Å². The number of carbonyl (C=O) groups excluding carboxylic acids is 1. The molecule has 1 aromatic rings. The molecule has 0 bridgehead atoms. The van der Waals surface area contributed by atoms with Gasteiger partial charge in [0.15, 0.2) is 0 Å². The van der Waals surface area contributed by atoms with Crippen molar-refractivity contribution in [2.45, 2.75) is 25.7 Å². The quantitative estimate of drug-likeness (QED) is 0.478. The summed E-state index contributed by atoms with van der Waals surface area (Å²) in [7, 11) is 0. The molecule has 0 radical (unpaired) electrons. The van der Waals surface area contributed by atoms with E-state index >= 15 is 0 Å².